The molecule has 1 aliphatic heterocycles. The number of amides is 1. The molecule has 3 rings (SSSR count). The maximum Gasteiger partial charge on any atom is 0.356 e. The highest BCUT2D eigenvalue weighted by Gasteiger charge is 2.26. The summed E-state index contributed by atoms with van der Waals surface area (Å²) >= 11 is 7.97. The Kier molecular flexibility index (Phi) is 5.56. The summed E-state index contributed by atoms with van der Waals surface area (Å²) in [6.45, 7) is 3.64. The molecule has 0 bridgehead atoms. The van der Waals surface area contributed by atoms with Crippen LogP contribution in [-0.4, -0.2) is 59.5 Å². The summed E-state index contributed by atoms with van der Waals surface area (Å²) in [7, 11) is 1.31. The number of hydrogen-bond acceptors (Lipinski definition) is 5. The first-order valence-corrected chi connectivity index (χ1v) is 9.56. The van der Waals surface area contributed by atoms with Crippen LogP contribution in [0.25, 0.3) is 10.9 Å². The highest BCUT2D eigenvalue weighted by Crippen LogP contribution is 2.31. The van der Waals surface area contributed by atoms with Gasteiger partial charge in [-0.2, -0.15) is 11.8 Å². The van der Waals surface area contributed by atoms with Crippen molar-refractivity contribution in [2.45, 2.75) is 13.0 Å². The Morgan fingerprint density at radius 3 is 2.76 bits per heavy atom. The van der Waals surface area contributed by atoms with Gasteiger partial charge < -0.3 is 15.0 Å². The quantitative estimate of drug-likeness (QED) is 0.796. The second kappa shape index (κ2) is 7.68. The number of nitrogens with zero attached hydrogens (tertiary/aromatic N) is 1. The van der Waals surface area contributed by atoms with Gasteiger partial charge in [-0.3, -0.25) is 9.69 Å². The maximum absolute atomic E-state index is 12.7. The third-order valence-electron chi connectivity index (χ3n) is 4.37. The summed E-state index contributed by atoms with van der Waals surface area (Å²) < 4.78 is 4.83. The number of carbonyl (C=O) groups is 2. The highest BCUT2D eigenvalue weighted by atomic mass is 35.5. The van der Waals surface area contributed by atoms with E-state index in [1.54, 1.807) is 18.2 Å². The lowest BCUT2D eigenvalue weighted by Gasteiger charge is -2.31. The van der Waals surface area contributed by atoms with E-state index in [9.17, 15) is 9.59 Å². The number of halogens is 1. The number of methoxy groups -OCH3 is 1. The molecule has 1 amide bonds. The van der Waals surface area contributed by atoms with Crippen LogP contribution in [0.5, 0.6) is 0 Å². The van der Waals surface area contributed by atoms with Gasteiger partial charge in [-0.1, -0.05) is 11.6 Å². The van der Waals surface area contributed by atoms with Crippen molar-refractivity contribution in [2.75, 3.05) is 37.0 Å². The molecule has 134 valence electrons. The fraction of sp³-hybridized carbons (Fsp3) is 0.412. The molecule has 1 aromatic heterocycles. The molecule has 1 aliphatic rings. The van der Waals surface area contributed by atoms with Crippen LogP contribution in [0.15, 0.2) is 18.2 Å². The Balaban J connectivity index is 1.91. The molecule has 25 heavy (non-hydrogen) atoms. The zero-order chi connectivity index (χ0) is 18.0. The summed E-state index contributed by atoms with van der Waals surface area (Å²) in [6.07, 6.45) is 0. The van der Waals surface area contributed by atoms with Gasteiger partial charge >= 0.3 is 5.97 Å². The average Bonchev–Trinajstić information content (AvgIpc) is 2.98. The number of rotatable bonds is 4. The largest absolute Gasteiger partial charge is 0.464 e. The Morgan fingerprint density at radius 1 is 1.36 bits per heavy atom. The molecule has 1 atom stereocenters. The molecule has 2 aromatic rings. The Labute approximate surface area is 155 Å². The van der Waals surface area contributed by atoms with Gasteiger partial charge in [-0.15, -0.1) is 0 Å². The molecule has 8 heteroatoms. The molecule has 0 saturated carbocycles. The topological polar surface area (TPSA) is 74.4 Å². The van der Waals surface area contributed by atoms with Gasteiger partial charge in [0.2, 0.25) is 5.91 Å². The van der Waals surface area contributed by atoms with Crippen LogP contribution >= 0.6 is 23.4 Å². The van der Waals surface area contributed by atoms with Crippen molar-refractivity contribution in [2.24, 2.45) is 0 Å². The van der Waals surface area contributed by atoms with Crippen molar-refractivity contribution < 1.29 is 14.3 Å². The van der Waals surface area contributed by atoms with E-state index in [0.29, 0.717) is 21.6 Å². The maximum atomic E-state index is 12.7. The molecule has 1 fully saturated rings. The van der Waals surface area contributed by atoms with Crippen molar-refractivity contribution in [1.82, 2.24) is 9.88 Å². The van der Waals surface area contributed by atoms with E-state index >= 15 is 0 Å². The number of fused-ring (bicyclic) bond motifs is 1. The SMILES string of the molecule is COC(=O)c1[nH]c2ccc(Cl)cc2c1NC(=O)[C@@H](C)N1CCSCC1. The first-order chi connectivity index (χ1) is 12.0. The van der Waals surface area contributed by atoms with E-state index in [2.05, 4.69) is 15.2 Å². The van der Waals surface area contributed by atoms with Crippen LogP contribution < -0.4 is 5.32 Å². The van der Waals surface area contributed by atoms with E-state index in [1.165, 1.54) is 7.11 Å². The number of thioether (sulfide) groups is 1. The first-order valence-electron chi connectivity index (χ1n) is 8.03. The number of benzene rings is 1. The van der Waals surface area contributed by atoms with Gasteiger partial charge in [0.25, 0.3) is 0 Å². The lowest BCUT2D eigenvalue weighted by molar-refractivity contribution is -0.120. The molecule has 0 spiro atoms. The number of esters is 1. The molecule has 0 radical (unpaired) electrons. The van der Waals surface area contributed by atoms with Crippen LogP contribution in [0.1, 0.15) is 17.4 Å². The standard InChI is InChI=1S/C17H20ClN3O3S/c1-10(21-5-7-25-8-6-21)16(22)20-14-12-9-11(18)3-4-13(12)19-15(14)17(23)24-2/h3-4,9-10,19H,5-8H2,1-2H3,(H,20,22)/t10-/m1/s1. The van der Waals surface area contributed by atoms with Crippen LogP contribution in [-0.2, 0) is 9.53 Å². The fourth-order valence-electron chi connectivity index (χ4n) is 2.91. The number of hydrogen-bond donors (Lipinski definition) is 2. The molecule has 6 nitrogen and oxygen atoms in total. The van der Waals surface area contributed by atoms with E-state index in [0.717, 1.165) is 24.6 Å². The van der Waals surface area contributed by atoms with Gasteiger partial charge in [0.15, 0.2) is 0 Å². The van der Waals surface area contributed by atoms with Crippen molar-refractivity contribution in [1.29, 1.82) is 0 Å². The second-order valence-electron chi connectivity index (χ2n) is 5.87. The molecule has 0 unspecified atom stereocenters. The monoisotopic (exact) mass is 381 g/mol. The van der Waals surface area contributed by atoms with Crippen molar-refractivity contribution in [3.05, 3.63) is 28.9 Å². The summed E-state index contributed by atoms with van der Waals surface area (Å²) in [5, 5.41) is 4.11. The number of carbonyl (C=O) groups excluding carboxylic acids is 2. The van der Waals surface area contributed by atoms with Crippen LogP contribution in [0.3, 0.4) is 0 Å². The Hall–Kier alpha value is -1.70. The van der Waals surface area contributed by atoms with Crippen molar-refractivity contribution >= 4 is 51.8 Å². The lowest BCUT2D eigenvalue weighted by Crippen LogP contribution is -2.46. The van der Waals surface area contributed by atoms with Crippen LogP contribution in [0, 0.1) is 0 Å². The molecule has 0 aliphatic carbocycles. The van der Waals surface area contributed by atoms with E-state index < -0.39 is 5.97 Å². The summed E-state index contributed by atoms with van der Waals surface area (Å²) in [5.41, 5.74) is 1.34. The zero-order valence-corrected chi connectivity index (χ0v) is 15.7. The third-order valence-corrected chi connectivity index (χ3v) is 5.55. The predicted octanol–water partition coefficient (Wildman–Crippen LogP) is 2.98. The minimum atomic E-state index is -0.537. The predicted molar refractivity (Wildman–Crippen MR) is 102 cm³/mol. The normalized spacial score (nSPS) is 16.6. The number of H-pyrrole nitrogens is 1. The molecule has 2 heterocycles. The fourth-order valence-corrected chi connectivity index (χ4v) is 4.01. The lowest BCUT2D eigenvalue weighted by atomic mass is 10.2. The number of aromatic amines is 1. The Bertz CT molecular complexity index is 802. The van der Waals surface area contributed by atoms with E-state index in [4.69, 9.17) is 16.3 Å². The smallest absolute Gasteiger partial charge is 0.356 e. The van der Waals surface area contributed by atoms with Gasteiger partial charge in [-0.25, -0.2) is 4.79 Å². The minimum absolute atomic E-state index is 0.155. The van der Waals surface area contributed by atoms with Gasteiger partial charge in [0.05, 0.1) is 18.8 Å². The highest BCUT2D eigenvalue weighted by molar-refractivity contribution is 7.99. The molecular weight excluding hydrogens is 362 g/mol. The molecule has 1 aromatic carbocycles. The summed E-state index contributed by atoms with van der Waals surface area (Å²) in [5.74, 6) is 1.35. The number of nitrogens with one attached hydrogen (secondary N) is 2. The number of anilines is 1. The van der Waals surface area contributed by atoms with Crippen LogP contribution in [0.2, 0.25) is 5.02 Å². The molecule has 1 saturated heterocycles. The summed E-state index contributed by atoms with van der Waals surface area (Å²) in [6, 6.07) is 4.93. The van der Waals surface area contributed by atoms with E-state index in [-0.39, 0.29) is 17.6 Å². The van der Waals surface area contributed by atoms with Crippen molar-refractivity contribution in [3.63, 3.8) is 0 Å². The van der Waals surface area contributed by atoms with Gasteiger partial charge in [-0.05, 0) is 25.1 Å². The van der Waals surface area contributed by atoms with Gasteiger partial charge in [0.1, 0.15) is 5.69 Å². The zero-order valence-electron chi connectivity index (χ0n) is 14.1. The van der Waals surface area contributed by atoms with Crippen molar-refractivity contribution in [3.8, 4) is 0 Å². The Morgan fingerprint density at radius 2 is 2.08 bits per heavy atom. The van der Waals surface area contributed by atoms with Crippen LogP contribution in [0.4, 0.5) is 5.69 Å². The van der Waals surface area contributed by atoms with Gasteiger partial charge in [0, 0.05) is 40.5 Å². The summed E-state index contributed by atoms with van der Waals surface area (Å²) in [4.78, 5) is 30.0. The van der Waals surface area contributed by atoms with E-state index in [1.807, 2.05) is 18.7 Å². The second-order valence-corrected chi connectivity index (χ2v) is 7.53. The molecule has 2 N–H and O–H groups in total. The number of ether oxygens (including phenoxy) is 1. The molecular formula is C17H20ClN3O3S. The minimum Gasteiger partial charge on any atom is -0.464 e. The first kappa shape index (κ1) is 18.1. The number of aromatic nitrogens is 1. The third kappa shape index (κ3) is 3.78. The average molecular weight is 382 g/mol.